The molecule has 2 aromatic carbocycles. The number of piperazine rings is 1. The van der Waals surface area contributed by atoms with Crippen LogP contribution in [0.3, 0.4) is 0 Å². The van der Waals surface area contributed by atoms with Gasteiger partial charge >= 0.3 is 0 Å². The number of ether oxygens (including phenoxy) is 2. The van der Waals surface area contributed by atoms with Gasteiger partial charge in [-0.1, -0.05) is 12.1 Å². The molecule has 1 fully saturated rings. The van der Waals surface area contributed by atoms with E-state index in [0.717, 1.165) is 37.6 Å². The maximum absolute atomic E-state index is 10.2. The quantitative estimate of drug-likeness (QED) is 0.789. The molecule has 140 valence electrons. The lowest BCUT2D eigenvalue weighted by Gasteiger charge is -2.37. The molecule has 1 unspecified atom stereocenters. The number of benzene rings is 2. The molecule has 1 heterocycles. The molecule has 6 heteroatoms. The zero-order valence-electron chi connectivity index (χ0n) is 15.0. The summed E-state index contributed by atoms with van der Waals surface area (Å²) in [4.78, 5) is 4.39. The van der Waals surface area contributed by atoms with Gasteiger partial charge in [-0.15, -0.1) is 0 Å². The molecule has 2 aromatic rings. The lowest BCUT2D eigenvalue weighted by molar-refractivity contribution is 0.0662. The second-order valence-corrected chi connectivity index (χ2v) is 6.42. The lowest BCUT2D eigenvalue weighted by atomic mass is 10.2. The zero-order valence-corrected chi connectivity index (χ0v) is 15.0. The molecule has 0 radical (unpaired) electrons. The van der Waals surface area contributed by atoms with Gasteiger partial charge in [-0.05, 0) is 36.4 Å². The minimum Gasteiger partial charge on any atom is -0.506 e. The monoisotopic (exact) mass is 358 g/mol. The fourth-order valence-corrected chi connectivity index (χ4v) is 3.12. The van der Waals surface area contributed by atoms with E-state index in [-0.39, 0.29) is 6.61 Å². The highest BCUT2D eigenvalue weighted by atomic mass is 16.5. The standard InChI is InChI=1S/C20H26N2O4/c1-25-17-6-8-18(9-7-17)26-15-16(23)14-21-10-12-22(13-11-21)19-4-2-3-5-20(19)24/h2-9,16,23-24H,10-15H2,1H3. The summed E-state index contributed by atoms with van der Waals surface area (Å²) < 4.78 is 10.8. The SMILES string of the molecule is COc1ccc(OCC(O)CN2CCN(c3ccccc3O)CC2)cc1. The van der Waals surface area contributed by atoms with E-state index in [4.69, 9.17) is 9.47 Å². The molecule has 26 heavy (non-hydrogen) atoms. The van der Waals surface area contributed by atoms with E-state index in [2.05, 4.69) is 9.80 Å². The molecule has 1 aliphatic heterocycles. The molecule has 6 nitrogen and oxygen atoms in total. The molecule has 2 N–H and O–H groups in total. The van der Waals surface area contributed by atoms with Gasteiger partial charge in [0, 0.05) is 32.7 Å². The van der Waals surface area contributed by atoms with E-state index < -0.39 is 6.10 Å². The maximum Gasteiger partial charge on any atom is 0.138 e. The van der Waals surface area contributed by atoms with Crippen molar-refractivity contribution in [3.8, 4) is 17.2 Å². The van der Waals surface area contributed by atoms with Crippen LogP contribution in [0.15, 0.2) is 48.5 Å². The number of phenols is 1. The molecule has 1 aliphatic rings. The highest BCUT2D eigenvalue weighted by molar-refractivity contribution is 5.57. The fourth-order valence-electron chi connectivity index (χ4n) is 3.12. The molecule has 0 spiro atoms. The van der Waals surface area contributed by atoms with Crippen LogP contribution in [0.5, 0.6) is 17.2 Å². The van der Waals surface area contributed by atoms with E-state index in [9.17, 15) is 10.2 Å². The Labute approximate surface area is 154 Å². The van der Waals surface area contributed by atoms with Gasteiger partial charge in [-0.2, -0.15) is 0 Å². The van der Waals surface area contributed by atoms with Gasteiger partial charge < -0.3 is 24.6 Å². The van der Waals surface area contributed by atoms with Crippen molar-refractivity contribution >= 4 is 5.69 Å². The van der Waals surface area contributed by atoms with Gasteiger partial charge in [0.25, 0.3) is 0 Å². The highest BCUT2D eigenvalue weighted by Crippen LogP contribution is 2.27. The Morgan fingerprint density at radius 2 is 1.62 bits per heavy atom. The first kappa shape index (κ1) is 18.4. The van der Waals surface area contributed by atoms with E-state index in [1.165, 1.54) is 0 Å². The number of phenolic OH excluding ortho intramolecular Hbond substituents is 1. The van der Waals surface area contributed by atoms with Crippen molar-refractivity contribution < 1.29 is 19.7 Å². The van der Waals surface area contributed by atoms with Gasteiger partial charge in [-0.3, -0.25) is 4.90 Å². The summed E-state index contributed by atoms with van der Waals surface area (Å²) in [7, 11) is 1.62. The van der Waals surface area contributed by atoms with Crippen molar-refractivity contribution in [1.29, 1.82) is 0 Å². The predicted octanol–water partition coefficient (Wildman–Crippen LogP) is 1.96. The smallest absolute Gasteiger partial charge is 0.138 e. The summed E-state index contributed by atoms with van der Waals surface area (Å²) in [5, 5.41) is 20.2. The van der Waals surface area contributed by atoms with Crippen molar-refractivity contribution in [2.75, 3.05) is 51.3 Å². The van der Waals surface area contributed by atoms with Crippen LogP contribution in [0.2, 0.25) is 0 Å². The van der Waals surface area contributed by atoms with Crippen LogP contribution >= 0.6 is 0 Å². The lowest BCUT2D eigenvalue weighted by Crippen LogP contribution is -2.49. The van der Waals surface area contributed by atoms with E-state index in [1.54, 1.807) is 13.2 Å². The van der Waals surface area contributed by atoms with Gasteiger partial charge in [-0.25, -0.2) is 0 Å². The molecule has 0 bridgehead atoms. The van der Waals surface area contributed by atoms with E-state index in [1.807, 2.05) is 42.5 Å². The maximum atomic E-state index is 10.2. The van der Waals surface area contributed by atoms with Crippen molar-refractivity contribution in [3.05, 3.63) is 48.5 Å². The molecule has 3 rings (SSSR count). The Morgan fingerprint density at radius 3 is 2.27 bits per heavy atom. The Bertz CT molecular complexity index is 684. The minimum absolute atomic E-state index is 0.256. The number of anilines is 1. The topological polar surface area (TPSA) is 65.4 Å². The number of β-amino-alcohol motifs (C(OH)–C–C–N with tert-alkyl or cyclic N) is 1. The number of hydrogen-bond acceptors (Lipinski definition) is 6. The van der Waals surface area contributed by atoms with E-state index >= 15 is 0 Å². The fraction of sp³-hybridized carbons (Fsp3) is 0.400. The van der Waals surface area contributed by atoms with Crippen molar-refractivity contribution in [3.63, 3.8) is 0 Å². The normalized spacial score (nSPS) is 16.3. The molecule has 1 saturated heterocycles. The summed E-state index contributed by atoms with van der Waals surface area (Å²) in [5.41, 5.74) is 0.871. The Morgan fingerprint density at radius 1 is 0.962 bits per heavy atom. The molecule has 0 aliphatic carbocycles. The number of para-hydroxylation sites is 2. The summed E-state index contributed by atoms with van der Waals surface area (Å²) >= 11 is 0. The van der Waals surface area contributed by atoms with Crippen LogP contribution in [-0.4, -0.2) is 67.7 Å². The molecular formula is C20H26N2O4. The molecule has 1 atom stereocenters. The number of rotatable bonds is 7. The molecule has 0 aromatic heterocycles. The first-order chi connectivity index (χ1) is 12.7. The number of hydrogen-bond donors (Lipinski definition) is 2. The van der Waals surface area contributed by atoms with E-state index in [0.29, 0.717) is 18.0 Å². The predicted molar refractivity (Wildman–Crippen MR) is 101 cm³/mol. The number of aliphatic hydroxyl groups excluding tert-OH is 1. The minimum atomic E-state index is -0.547. The van der Waals surface area contributed by atoms with Gasteiger partial charge in [0.1, 0.15) is 30.0 Å². The van der Waals surface area contributed by atoms with Crippen LogP contribution in [0, 0.1) is 0 Å². The van der Waals surface area contributed by atoms with Crippen LogP contribution < -0.4 is 14.4 Å². The second-order valence-electron chi connectivity index (χ2n) is 6.42. The first-order valence-electron chi connectivity index (χ1n) is 8.86. The number of nitrogens with zero attached hydrogens (tertiary/aromatic N) is 2. The molecule has 0 amide bonds. The first-order valence-corrected chi connectivity index (χ1v) is 8.86. The Hall–Kier alpha value is -2.44. The zero-order chi connectivity index (χ0) is 18.4. The van der Waals surface area contributed by atoms with Crippen LogP contribution in [-0.2, 0) is 0 Å². The summed E-state index contributed by atoms with van der Waals surface area (Å²) in [6.45, 7) is 4.16. The second kappa shape index (κ2) is 8.78. The summed E-state index contributed by atoms with van der Waals surface area (Å²) in [6, 6.07) is 14.7. The average Bonchev–Trinajstić information content (AvgIpc) is 2.68. The van der Waals surface area contributed by atoms with Gasteiger partial charge in [0.2, 0.25) is 0 Å². The summed E-state index contributed by atoms with van der Waals surface area (Å²) in [6.07, 6.45) is -0.547. The number of aliphatic hydroxyl groups is 1. The number of aromatic hydroxyl groups is 1. The molecular weight excluding hydrogens is 332 g/mol. The van der Waals surface area contributed by atoms with Crippen LogP contribution in [0.25, 0.3) is 0 Å². The van der Waals surface area contributed by atoms with Gasteiger partial charge in [0.05, 0.1) is 12.8 Å². The summed E-state index contributed by atoms with van der Waals surface area (Å²) in [5.74, 6) is 1.81. The van der Waals surface area contributed by atoms with Gasteiger partial charge in [0.15, 0.2) is 0 Å². The van der Waals surface area contributed by atoms with Crippen molar-refractivity contribution in [1.82, 2.24) is 4.90 Å². The Kier molecular flexibility index (Phi) is 6.20. The Balaban J connectivity index is 1.41. The van der Waals surface area contributed by atoms with Crippen LogP contribution in [0.1, 0.15) is 0 Å². The average molecular weight is 358 g/mol. The van der Waals surface area contributed by atoms with Crippen molar-refractivity contribution in [2.24, 2.45) is 0 Å². The third-order valence-corrected chi connectivity index (χ3v) is 4.57. The number of methoxy groups -OCH3 is 1. The third-order valence-electron chi connectivity index (χ3n) is 4.57. The molecule has 0 saturated carbocycles. The van der Waals surface area contributed by atoms with Crippen molar-refractivity contribution in [2.45, 2.75) is 6.10 Å². The third kappa shape index (κ3) is 4.80. The largest absolute Gasteiger partial charge is 0.506 e. The van der Waals surface area contributed by atoms with Crippen LogP contribution in [0.4, 0.5) is 5.69 Å². The highest BCUT2D eigenvalue weighted by Gasteiger charge is 2.21.